The average Bonchev–Trinajstić information content (AvgIpc) is 3.49. The number of para-hydroxylation sites is 1. The first-order valence-electron chi connectivity index (χ1n) is 11.6. The Morgan fingerprint density at radius 3 is 2.58 bits per heavy atom. The highest BCUT2D eigenvalue weighted by atomic mass is 35.5. The lowest BCUT2D eigenvalue weighted by molar-refractivity contribution is -0.385. The van der Waals surface area contributed by atoms with E-state index in [0.717, 1.165) is 22.5 Å². The van der Waals surface area contributed by atoms with Crippen molar-refractivity contribution >= 4 is 63.5 Å². The number of benzene rings is 3. The Bertz CT molecular complexity index is 1710. The highest BCUT2D eigenvalue weighted by Crippen LogP contribution is 2.37. The fraction of sp³-hybridized carbons (Fsp3) is 0.0370. The first-order chi connectivity index (χ1) is 19.3. The number of nitro benzene ring substituents is 1. The second kappa shape index (κ2) is 11.3. The van der Waals surface area contributed by atoms with Gasteiger partial charge in [0.1, 0.15) is 5.69 Å². The second-order valence-electron chi connectivity index (χ2n) is 8.29. The summed E-state index contributed by atoms with van der Waals surface area (Å²) in [6.07, 6.45) is 3.29. The van der Waals surface area contributed by atoms with Crippen molar-refractivity contribution in [2.75, 3.05) is 7.11 Å². The Balaban J connectivity index is 1.53. The lowest BCUT2D eigenvalue weighted by atomic mass is 10.1. The van der Waals surface area contributed by atoms with Crippen molar-refractivity contribution in [3.63, 3.8) is 0 Å². The molecule has 1 aliphatic rings. The monoisotopic (exact) mass is 591 g/mol. The van der Waals surface area contributed by atoms with Gasteiger partial charge in [-0.2, -0.15) is 10.1 Å². The zero-order chi connectivity index (χ0) is 28.4. The van der Waals surface area contributed by atoms with Crippen LogP contribution in [-0.4, -0.2) is 43.0 Å². The molecule has 0 bridgehead atoms. The molecule has 2 heterocycles. The first kappa shape index (κ1) is 27.1. The van der Waals surface area contributed by atoms with E-state index in [1.807, 2.05) is 30.3 Å². The number of rotatable bonds is 7. The fourth-order valence-electron chi connectivity index (χ4n) is 3.92. The molecular weight excluding hydrogens is 574 g/mol. The van der Waals surface area contributed by atoms with Gasteiger partial charge in [0.05, 0.1) is 33.2 Å². The van der Waals surface area contributed by atoms with Crippen molar-refractivity contribution in [2.45, 2.75) is 0 Å². The third-order valence-electron chi connectivity index (χ3n) is 5.82. The molecule has 1 aromatic heterocycles. The molecule has 1 fully saturated rings. The lowest BCUT2D eigenvalue weighted by Crippen LogP contribution is -2.44. The lowest BCUT2D eigenvalue weighted by Gasteiger charge is -2.16. The number of ether oxygens (including phenoxy) is 1. The molecule has 10 nitrogen and oxygen atoms in total. The molecule has 3 aromatic carbocycles. The van der Waals surface area contributed by atoms with Crippen LogP contribution in [-0.2, 0) is 4.79 Å². The predicted octanol–water partition coefficient (Wildman–Crippen LogP) is 5.66. The highest BCUT2D eigenvalue weighted by molar-refractivity contribution is 8.26. The molecule has 2 amide bonds. The van der Waals surface area contributed by atoms with Crippen LogP contribution >= 0.6 is 35.6 Å². The van der Waals surface area contributed by atoms with Crippen molar-refractivity contribution < 1.29 is 19.2 Å². The second-order valence-corrected chi connectivity index (χ2v) is 10.4. The van der Waals surface area contributed by atoms with Gasteiger partial charge in [-0.1, -0.05) is 53.7 Å². The van der Waals surface area contributed by atoms with Crippen LogP contribution in [0.25, 0.3) is 23.0 Å². The smallest absolute Gasteiger partial charge is 0.311 e. The van der Waals surface area contributed by atoms with Gasteiger partial charge in [0.25, 0.3) is 11.8 Å². The van der Waals surface area contributed by atoms with E-state index in [0.29, 0.717) is 16.8 Å². The van der Waals surface area contributed by atoms with E-state index >= 15 is 0 Å². The maximum absolute atomic E-state index is 13.3. The number of halogens is 1. The molecule has 4 aromatic rings. The van der Waals surface area contributed by atoms with Crippen molar-refractivity contribution in [1.29, 1.82) is 0 Å². The number of thiocarbonyl (C=S) groups is 1. The third-order valence-corrected chi connectivity index (χ3v) is 7.46. The van der Waals surface area contributed by atoms with Gasteiger partial charge in [-0.3, -0.25) is 25.1 Å². The number of thioether (sulfide) groups is 1. The van der Waals surface area contributed by atoms with Crippen LogP contribution in [0.15, 0.2) is 83.9 Å². The number of aromatic nitrogens is 2. The van der Waals surface area contributed by atoms with Crippen LogP contribution < -0.4 is 10.2 Å². The number of methoxy groups -OCH3 is 1. The van der Waals surface area contributed by atoms with E-state index in [-0.39, 0.29) is 31.2 Å². The molecular formula is C27H18ClN5O5S2. The number of nitrogens with zero attached hydrogens (tertiary/aromatic N) is 4. The highest BCUT2D eigenvalue weighted by Gasteiger charge is 2.34. The Morgan fingerprint density at radius 2 is 1.88 bits per heavy atom. The van der Waals surface area contributed by atoms with Gasteiger partial charge in [0.15, 0.2) is 10.1 Å². The van der Waals surface area contributed by atoms with Gasteiger partial charge in [0.2, 0.25) is 0 Å². The third kappa shape index (κ3) is 5.32. The Morgan fingerprint density at radius 1 is 1.15 bits per heavy atom. The maximum Gasteiger partial charge on any atom is 0.311 e. The zero-order valence-electron chi connectivity index (χ0n) is 20.6. The first-order valence-corrected chi connectivity index (χ1v) is 13.2. The van der Waals surface area contributed by atoms with Crippen LogP contribution in [0, 0.1) is 10.1 Å². The molecule has 5 rings (SSSR count). The molecule has 13 heteroatoms. The molecule has 0 saturated carbocycles. The summed E-state index contributed by atoms with van der Waals surface area (Å²) in [6, 6.07) is 20.2. The number of hydrogen-bond acceptors (Lipinski definition) is 8. The van der Waals surface area contributed by atoms with Crippen molar-refractivity contribution in [2.24, 2.45) is 0 Å². The number of carbonyl (C=O) groups is 2. The van der Waals surface area contributed by atoms with Crippen LogP contribution in [0.2, 0.25) is 5.02 Å². The molecule has 1 N–H and O–H groups in total. The number of hydrazine groups is 1. The molecule has 0 unspecified atom stereocenters. The topological polar surface area (TPSA) is 120 Å². The standard InChI is InChI=1S/C27H18ClN5O5S2/c1-38-22-12-11-16(13-21(22)33(36)37)24-17(15-31(29-24)18-7-3-2-4-8-18)14-23-26(35)32(27(39)40-23)30-25(34)19-9-5-6-10-20(19)28/h2-15H,1H3,(H,30,34)/b23-14+. The fourth-order valence-corrected chi connectivity index (χ4v) is 5.31. The number of nitrogens with one attached hydrogen (secondary N) is 1. The van der Waals surface area contributed by atoms with E-state index < -0.39 is 16.7 Å². The molecule has 0 aliphatic carbocycles. The van der Waals surface area contributed by atoms with Crippen LogP contribution in [0.3, 0.4) is 0 Å². The quantitative estimate of drug-likeness (QED) is 0.127. The minimum atomic E-state index is -0.591. The summed E-state index contributed by atoms with van der Waals surface area (Å²) in [4.78, 5) is 37.4. The predicted molar refractivity (Wildman–Crippen MR) is 156 cm³/mol. The van der Waals surface area contributed by atoms with Crippen molar-refractivity contribution in [1.82, 2.24) is 20.2 Å². The summed E-state index contributed by atoms with van der Waals surface area (Å²) in [5, 5.41) is 17.5. The SMILES string of the molecule is COc1ccc(-c2nn(-c3ccccc3)cc2/C=C2/SC(=S)N(NC(=O)c3ccccc3Cl)C2=O)cc1[N+](=O)[O-]. The van der Waals surface area contributed by atoms with Crippen molar-refractivity contribution in [3.05, 3.63) is 110 Å². The van der Waals surface area contributed by atoms with Crippen LogP contribution in [0.4, 0.5) is 5.69 Å². The molecule has 0 spiro atoms. The number of hydrogen-bond donors (Lipinski definition) is 1. The molecule has 1 aliphatic heterocycles. The van der Waals surface area contributed by atoms with Gasteiger partial charge in [-0.25, -0.2) is 4.68 Å². The Hall–Kier alpha value is -4.52. The summed E-state index contributed by atoms with van der Waals surface area (Å²) in [5.41, 5.74) is 4.54. The van der Waals surface area contributed by atoms with E-state index in [4.69, 9.17) is 28.6 Å². The largest absolute Gasteiger partial charge is 0.490 e. The maximum atomic E-state index is 13.3. The molecule has 0 radical (unpaired) electrons. The summed E-state index contributed by atoms with van der Waals surface area (Å²) in [6.45, 7) is 0. The van der Waals surface area contributed by atoms with E-state index in [2.05, 4.69) is 10.5 Å². The summed E-state index contributed by atoms with van der Waals surface area (Å²) in [7, 11) is 1.35. The van der Waals surface area contributed by atoms with E-state index in [1.165, 1.54) is 25.3 Å². The Kier molecular flexibility index (Phi) is 7.65. The number of amides is 2. The van der Waals surface area contributed by atoms with Gasteiger partial charge < -0.3 is 4.74 Å². The summed E-state index contributed by atoms with van der Waals surface area (Å²) >= 11 is 12.5. The van der Waals surface area contributed by atoms with Gasteiger partial charge in [0, 0.05) is 23.4 Å². The zero-order valence-corrected chi connectivity index (χ0v) is 23.0. The average molecular weight is 592 g/mol. The van der Waals surface area contributed by atoms with Crippen LogP contribution in [0.1, 0.15) is 15.9 Å². The minimum Gasteiger partial charge on any atom is -0.490 e. The van der Waals surface area contributed by atoms with Gasteiger partial charge >= 0.3 is 5.69 Å². The summed E-state index contributed by atoms with van der Waals surface area (Å²) in [5.74, 6) is -1.03. The normalized spacial score (nSPS) is 14.1. The number of carbonyl (C=O) groups excluding carboxylic acids is 2. The minimum absolute atomic E-state index is 0.105. The summed E-state index contributed by atoms with van der Waals surface area (Å²) < 4.78 is 6.86. The van der Waals surface area contributed by atoms with Crippen LogP contribution in [0.5, 0.6) is 5.75 Å². The van der Waals surface area contributed by atoms with Gasteiger partial charge in [-0.05, 0) is 54.7 Å². The molecule has 0 atom stereocenters. The molecule has 1 saturated heterocycles. The Labute approximate surface area is 242 Å². The molecule has 200 valence electrons. The van der Waals surface area contributed by atoms with E-state index in [1.54, 1.807) is 41.2 Å². The van der Waals surface area contributed by atoms with Crippen molar-refractivity contribution in [3.8, 4) is 22.7 Å². The van der Waals surface area contributed by atoms with E-state index in [9.17, 15) is 19.7 Å². The van der Waals surface area contributed by atoms with Gasteiger partial charge in [-0.15, -0.1) is 0 Å². The number of nitro groups is 1. The molecule has 40 heavy (non-hydrogen) atoms.